The number of nitro benzene ring substituents is 1. The lowest BCUT2D eigenvalue weighted by Gasteiger charge is -2.09. The first-order valence-corrected chi connectivity index (χ1v) is 11.5. The number of nitrogens with one attached hydrogen (secondary N) is 1. The van der Waals surface area contributed by atoms with Crippen LogP contribution in [-0.2, 0) is 17.9 Å². The topological polar surface area (TPSA) is 134 Å². The summed E-state index contributed by atoms with van der Waals surface area (Å²) in [6.45, 7) is 0.705. The molecule has 186 valence electrons. The summed E-state index contributed by atoms with van der Waals surface area (Å²) in [5.41, 5.74) is 0.849. The van der Waals surface area contributed by atoms with Crippen LogP contribution in [0.15, 0.2) is 84.0 Å². The van der Waals surface area contributed by atoms with Crippen molar-refractivity contribution in [1.82, 2.24) is 24.6 Å². The quantitative estimate of drug-likeness (QED) is 0.244. The van der Waals surface area contributed by atoms with E-state index in [2.05, 4.69) is 15.4 Å². The molecule has 37 heavy (non-hydrogen) atoms. The maximum Gasteiger partial charge on any atom is 0.269 e. The highest BCUT2D eigenvalue weighted by Crippen LogP contribution is 2.20. The molecule has 11 heteroatoms. The minimum Gasteiger partial charge on any atom is -0.484 e. The standard InChI is InChI=1S/C26H22N6O5/c33-24(16-37-22-10-7-19-3-1-2-4-20(19)13-22)27-11-12-31-25-23(14-29-31)26(34)30(17-28-25)15-18-5-8-21(9-6-18)32(35)36/h1-10,13-14,17H,11-12,15-16H2,(H,27,33). The van der Waals surface area contributed by atoms with E-state index in [0.717, 1.165) is 16.3 Å². The molecular formula is C26H22N6O5. The summed E-state index contributed by atoms with van der Waals surface area (Å²) in [6.07, 6.45) is 2.86. The first-order chi connectivity index (χ1) is 18.0. The Kier molecular flexibility index (Phi) is 6.58. The van der Waals surface area contributed by atoms with E-state index < -0.39 is 4.92 Å². The summed E-state index contributed by atoms with van der Waals surface area (Å²) in [5.74, 6) is 0.337. The average Bonchev–Trinajstić information content (AvgIpc) is 3.33. The van der Waals surface area contributed by atoms with Crippen molar-refractivity contribution in [3.05, 3.63) is 105 Å². The first kappa shape index (κ1) is 23.7. The van der Waals surface area contributed by atoms with E-state index in [1.807, 2.05) is 42.5 Å². The summed E-state index contributed by atoms with van der Waals surface area (Å²) in [7, 11) is 0. The number of benzene rings is 3. The number of non-ortho nitro benzene ring substituents is 1. The van der Waals surface area contributed by atoms with Crippen LogP contribution < -0.4 is 15.6 Å². The Morgan fingerprint density at radius 1 is 1.05 bits per heavy atom. The third-order valence-electron chi connectivity index (χ3n) is 5.86. The van der Waals surface area contributed by atoms with E-state index in [-0.39, 0.29) is 36.9 Å². The zero-order valence-electron chi connectivity index (χ0n) is 19.6. The fourth-order valence-corrected chi connectivity index (χ4v) is 3.95. The van der Waals surface area contributed by atoms with Gasteiger partial charge in [-0.05, 0) is 28.5 Å². The molecule has 0 aliphatic rings. The van der Waals surface area contributed by atoms with E-state index in [9.17, 15) is 19.7 Å². The Hall–Kier alpha value is -5.06. The van der Waals surface area contributed by atoms with Crippen molar-refractivity contribution in [3.63, 3.8) is 0 Å². The molecule has 1 amide bonds. The average molecular weight is 498 g/mol. The maximum atomic E-state index is 12.9. The molecule has 0 aliphatic heterocycles. The van der Waals surface area contributed by atoms with Crippen LogP contribution in [0.1, 0.15) is 5.56 Å². The SMILES string of the molecule is O=C(COc1ccc2ccccc2c1)NCCn1ncc2c(=O)n(Cc3ccc([N+](=O)[O-])cc3)cnc21. The number of fused-ring (bicyclic) bond motifs is 2. The van der Waals surface area contributed by atoms with Gasteiger partial charge in [-0.2, -0.15) is 5.10 Å². The molecule has 11 nitrogen and oxygen atoms in total. The number of carbonyl (C=O) groups is 1. The smallest absolute Gasteiger partial charge is 0.269 e. The fourth-order valence-electron chi connectivity index (χ4n) is 3.95. The number of ether oxygens (including phenoxy) is 1. The third-order valence-corrected chi connectivity index (χ3v) is 5.86. The second-order valence-corrected chi connectivity index (χ2v) is 8.35. The Bertz CT molecular complexity index is 1660. The summed E-state index contributed by atoms with van der Waals surface area (Å²) in [6, 6.07) is 19.5. The Morgan fingerprint density at radius 3 is 2.62 bits per heavy atom. The van der Waals surface area contributed by atoms with Crippen molar-refractivity contribution in [3.8, 4) is 5.75 Å². The predicted molar refractivity (Wildman–Crippen MR) is 136 cm³/mol. The van der Waals surface area contributed by atoms with Gasteiger partial charge in [0.1, 0.15) is 17.5 Å². The lowest BCUT2D eigenvalue weighted by Crippen LogP contribution is -2.31. The summed E-state index contributed by atoms with van der Waals surface area (Å²) >= 11 is 0. The molecule has 5 aromatic rings. The van der Waals surface area contributed by atoms with Crippen molar-refractivity contribution >= 4 is 33.4 Å². The molecule has 0 saturated heterocycles. The van der Waals surface area contributed by atoms with Crippen molar-refractivity contribution in [2.75, 3.05) is 13.2 Å². The zero-order valence-corrected chi connectivity index (χ0v) is 19.6. The minimum absolute atomic E-state index is 0.0155. The lowest BCUT2D eigenvalue weighted by molar-refractivity contribution is -0.384. The molecule has 0 spiro atoms. The second kappa shape index (κ2) is 10.3. The number of carbonyl (C=O) groups excluding carboxylic acids is 1. The first-order valence-electron chi connectivity index (χ1n) is 11.5. The van der Waals surface area contributed by atoms with Crippen LogP contribution in [0.2, 0.25) is 0 Å². The molecule has 0 radical (unpaired) electrons. The van der Waals surface area contributed by atoms with Gasteiger partial charge < -0.3 is 10.1 Å². The fraction of sp³-hybridized carbons (Fsp3) is 0.154. The van der Waals surface area contributed by atoms with E-state index in [0.29, 0.717) is 23.3 Å². The van der Waals surface area contributed by atoms with Crippen LogP contribution in [0, 0.1) is 10.1 Å². The van der Waals surface area contributed by atoms with Crippen LogP contribution in [0.4, 0.5) is 5.69 Å². The number of aromatic nitrogens is 4. The molecule has 3 aromatic carbocycles. The molecule has 0 aliphatic carbocycles. The summed E-state index contributed by atoms with van der Waals surface area (Å²) in [4.78, 5) is 39.8. The molecule has 0 unspecified atom stereocenters. The number of hydrogen-bond acceptors (Lipinski definition) is 7. The van der Waals surface area contributed by atoms with Gasteiger partial charge in [0.15, 0.2) is 12.3 Å². The van der Waals surface area contributed by atoms with E-state index in [1.165, 1.54) is 29.2 Å². The molecule has 1 N–H and O–H groups in total. The van der Waals surface area contributed by atoms with Gasteiger partial charge in [0, 0.05) is 18.7 Å². The second-order valence-electron chi connectivity index (χ2n) is 8.35. The molecule has 0 atom stereocenters. The van der Waals surface area contributed by atoms with Crippen LogP contribution in [0.3, 0.4) is 0 Å². The number of amides is 1. The molecule has 0 saturated carbocycles. The molecular weight excluding hydrogens is 476 g/mol. The highest BCUT2D eigenvalue weighted by Gasteiger charge is 2.12. The van der Waals surface area contributed by atoms with Crippen molar-refractivity contribution in [2.45, 2.75) is 13.1 Å². The summed E-state index contributed by atoms with van der Waals surface area (Å²) < 4.78 is 8.58. The molecule has 0 fully saturated rings. The lowest BCUT2D eigenvalue weighted by atomic mass is 10.1. The van der Waals surface area contributed by atoms with Gasteiger partial charge >= 0.3 is 0 Å². The van der Waals surface area contributed by atoms with Gasteiger partial charge in [-0.15, -0.1) is 0 Å². The Labute approximate surface area is 210 Å². The third kappa shape index (κ3) is 5.30. The van der Waals surface area contributed by atoms with Crippen molar-refractivity contribution in [1.29, 1.82) is 0 Å². The van der Waals surface area contributed by atoms with Gasteiger partial charge in [-0.25, -0.2) is 9.67 Å². The van der Waals surface area contributed by atoms with Gasteiger partial charge in [-0.1, -0.05) is 42.5 Å². The number of rotatable bonds is 9. The van der Waals surface area contributed by atoms with E-state index >= 15 is 0 Å². The predicted octanol–water partition coefficient (Wildman–Crippen LogP) is 2.90. The maximum absolute atomic E-state index is 12.9. The number of hydrogen-bond donors (Lipinski definition) is 1. The van der Waals surface area contributed by atoms with Crippen molar-refractivity contribution in [2.24, 2.45) is 0 Å². The minimum atomic E-state index is -0.474. The van der Waals surface area contributed by atoms with E-state index in [4.69, 9.17) is 4.74 Å². The van der Waals surface area contributed by atoms with Gasteiger partial charge in [0.25, 0.3) is 17.2 Å². The molecule has 2 aromatic heterocycles. The van der Waals surface area contributed by atoms with Gasteiger partial charge in [-0.3, -0.25) is 24.3 Å². The number of nitrogens with zero attached hydrogens (tertiary/aromatic N) is 5. The van der Waals surface area contributed by atoms with E-state index in [1.54, 1.807) is 16.8 Å². The van der Waals surface area contributed by atoms with Crippen LogP contribution in [-0.4, -0.2) is 43.3 Å². The molecule has 5 rings (SSSR count). The molecule has 2 heterocycles. The van der Waals surface area contributed by atoms with Crippen LogP contribution >= 0.6 is 0 Å². The van der Waals surface area contributed by atoms with Gasteiger partial charge in [0.2, 0.25) is 0 Å². The van der Waals surface area contributed by atoms with Gasteiger partial charge in [0.05, 0.1) is 24.2 Å². The monoisotopic (exact) mass is 498 g/mol. The van der Waals surface area contributed by atoms with Crippen LogP contribution in [0.25, 0.3) is 21.8 Å². The zero-order chi connectivity index (χ0) is 25.8. The van der Waals surface area contributed by atoms with Crippen molar-refractivity contribution < 1.29 is 14.5 Å². The van der Waals surface area contributed by atoms with Crippen LogP contribution in [0.5, 0.6) is 5.75 Å². The molecule has 0 bridgehead atoms. The Balaban J connectivity index is 1.16. The Morgan fingerprint density at radius 2 is 1.84 bits per heavy atom. The normalized spacial score (nSPS) is 11.0. The largest absolute Gasteiger partial charge is 0.484 e. The summed E-state index contributed by atoms with van der Waals surface area (Å²) in [5, 5.41) is 20.3. The highest BCUT2D eigenvalue weighted by molar-refractivity contribution is 5.84. The highest BCUT2D eigenvalue weighted by atomic mass is 16.6. The number of nitro groups is 1.